The molecule has 1 aliphatic carbocycles. The summed E-state index contributed by atoms with van der Waals surface area (Å²) in [7, 11) is 0. The first kappa shape index (κ1) is 18.7. The number of aliphatic hydroxyl groups excluding tert-OH is 2. The van der Waals surface area contributed by atoms with Gasteiger partial charge in [0, 0.05) is 0 Å². The maximum Gasteiger partial charge on any atom is 0.0753 e. The molecule has 0 amide bonds. The van der Waals surface area contributed by atoms with Crippen molar-refractivity contribution in [2.24, 2.45) is 5.41 Å². The maximum absolute atomic E-state index is 10.1. The zero-order chi connectivity index (χ0) is 16.8. The van der Waals surface area contributed by atoms with Gasteiger partial charge in [0.2, 0.25) is 0 Å². The summed E-state index contributed by atoms with van der Waals surface area (Å²) < 4.78 is 0. The second-order valence-corrected chi connectivity index (χ2v) is 6.77. The molecule has 1 unspecified atom stereocenters. The molecule has 0 fully saturated rings. The van der Waals surface area contributed by atoms with Gasteiger partial charge in [0.1, 0.15) is 0 Å². The average Bonchev–Trinajstić information content (AvgIpc) is 2.43. The summed E-state index contributed by atoms with van der Waals surface area (Å²) in [4.78, 5) is 0. The highest BCUT2D eigenvalue weighted by atomic mass is 16.3. The summed E-state index contributed by atoms with van der Waals surface area (Å²) in [6.07, 6.45) is 13.6. The molecule has 122 valence electrons. The van der Waals surface area contributed by atoms with Crippen LogP contribution in [0, 0.1) is 5.41 Å². The van der Waals surface area contributed by atoms with Crippen LogP contribution >= 0.6 is 0 Å². The zero-order valence-electron chi connectivity index (χ0n) is 14.6. The lowest BCUT2D eigenvalue weighted by molar-refractivity contribution is 0.163. The van der Waals surface area contributed by atoms with Crippen LogP contribution in [0.3, 0.4) is 0 Å². The van der Waals surface area contributed by atoms with Crippen LogP contribution in [0.15, 0.2) is 58.7 Å². The molecular weight excluding hydrogens is 272 g/mol. The van der Waals surface area contributed by atoms with E-state index < -0.39 is 0 Å². The van der Waals surface area contributed by atoms with Crippen LogP contribution in [0.2, 0.25) is 0 Å². The molecule has 0 aromatic rings. The van der Waals surface area contributed by atoms with Crippen LogP contribution in [-0.2, 0) is 0 Å². The van der Waals surface area contributed by atoms with Gasteiger partial charge in [0.25, 0.3) is 0 Å². The fraction of sp³-hybridized carbons (Fsp3) is 0.500. The highest BCUT2D eigenvalue weighted by molar-refractivity contribution is 5.38. The lowest BCUT2D eigenvalue weighted by Gasteiger charge is -2.35. The Kier molecular flexibility index (Phi) is 7.05. The van der Waals surface area contributed by atoms with E-state index in [0.717, 1.165) is 29.6 Å². The van der Waals surface area contributed by atoms with E-state index in [9.17, 15) is 5.11 Å². The molecule has 22 heavy (non-hydrogen) atoms. The van der Waals surface area contributed by atoms with Gasteiger partial charge in [-0.3, -0.25) is 0 Å². The van der Waals surface area contributed by atoms with Gasteiger partial charge < -0.3 is 10.2 Å². The van der Waals surface area contributed by atoms with Crippen molar-refractivity contribution >= 4 is 0 Å². The van der Waals surface area contributed by atoms with Crippen molar-refractivity contribution in [3.8, 4) is 0 Å². The highest BCUT2D eigenvalue weighted by Gasteiger charge is 2.30. The predicted octanol–water partition coefficient (Wildman–Crippen LogP) is 4.48. The number of hydrogen-bond acceptors (Lipinski definition) is 2. The minimum Gasteiger partial charge on any atom is -0.392 e. The predicted molar refractivity (Wildman–Crippen MR) is 94.6 cm³/mol. The Morgan fingerprint density at radius 3 is 2.55 bits per heavy atom. The molecule has 1 rings (SSSR count). The van der Waals surface area contributed by atoms with Gasteiger partial charge in [-0.1, -0.05) is 61.4 Å². The Morgan fingerprint density at radius 1 is 1.23 bits per heavy atom. The van der Waals surface area contributed by atoms with Crippen molar-refractivity contribution in [2.75, 3.05) is 6.61 Å². The molecule has 0 saturated carbocycles. The molecule has 0 aromatic carbocycles. The molecule has 0 bridgehead atoms. The first-order chi connectivity index (χ1) is 10.3. The highest BCUT2D eigenvalue weighted by Crippen LogP contribution is 2.40. The van der Waals surface area contributed by atoms with E-state index >= 15 is 0 Å². The Labute approximate surface area is 135 Å². The monoisotopic (exact) mass is 302 g/mol. The molecule has 0 radical (unpaired) electrons. The van der Waals surface area contributed by atoms with Crippen molar-refractivity contribution < 1.29 is 10.2 Å². The van der Waals surface area contributed by atoms with E-state index in [-0.39, 0.29) is 18.1 Å². The Balaban J connectivity index is 2.86. The molecule has 2 heteroatoms. The third-order valence-electron chi connectivity index (χ3n) is 4.34. The molecule has 0 spiro atoms. The van der Waals surface area contributed by atoms with Crippen molar-refractivity contribution in [3.05, 3.63) is 58.7 Å². The van der Waals surface area contributed by atoms with E-state index in [0.29, 0.717) is 0 Å². The second kappa shape index (κ2) is 8.30. The van der Waals surface area contributed by atoms with Crippen molar-refractivity contribution in [3.63, 3.8) is 0 Å². The van der Waals surface area contributed by atoms with E-state index in [1.165, 1.54) is 5.57 Å². The molecule has 0 saturated heterocycles. The van der Waals surface area contributed by atoms with Gasteiger partial charge >= 0.3 is 0 Å². The molecular formula is C20H30O2. The first-order valence-electron chi connectivity index (χ1n) is 7.98. The maximum atomic E-state index is 10.1. The normalized spacial score (nSPS) is 23.9. The molecule has 1 atom stereocenters. The third kappa shape index (κ3) is 5.43. The van der Waals surface area contributed by atoms with Crippen LogP contribution < -0.4 is 0 Å². The second-order valence-electron chi connectivity index (χ2n) is 6.77. The lowest BCUT2D eigenvalue weighted by Crippen LogP contribution is -2.27. The molecule has 0 aliphatic heterocycles. The Bertz CT molecular complexity index is 528. The topological polar surface area (TPSA) is 40.5 Å². The number of hydrogen-bond donors (Lipinski definition) is 2. The van der Waals surface area contributed by atoms with Crippen LogP contribution in [0.25, 0.3) is 0 Å². The van der Waals surface area contributed by atoms with Crippen molar-refractivity contribution in [2.45, 2.75) is 53.6 Å². The number of rotatable bonds is 5. The lowest BCUT2D eigenvalue weighted by atomic mass is 9.71. The zero-order valence-corrected chi connectivity index (χ0v) is 14.6. The van der Waals surface area contributed by atoms with E-state index in [2.05, 4.69) is 32.9 Å². The SMILES string of the molecule is CC1=C(/C=C/C(C)=C\C=C\C(C)=C\CO)C(C)(C)CCC1O. The van der Waals surface area contributed by atoms with Gasteiger partial charge in [0.05, 0.1) is 12.7 Å². The van der Waals surface area contributed by atoms with Gasteiger partial charge in [-0.15, -0.1) is 0 Å². The Hall–Kier alpha value is -1.38. The minimum absolute atomic E-state index is 0.0730. The fourth-order valence-electron chi connectivity index (χ4n) is 2.75. The largest absolute Gasteiger partial charge is 0.392 e. The van der Waals surface area contributed by atoms with Crippen LogP contribution in [0.1, 0.15) is 47.5 Å². The summed E-state index contributed by atoms with van der Waals surface area (Å²) in [5.41, 5.74) is 4.67. The van der Waals surface area contributed by atoms with Crippen molar-refractivity contribution in [1.82, 2.24) is 0 Å². The smallest absolute Gasteiger partial charge is 0.0753 e. The van der Waals surface area contributed by atoms with Gasteiger partial charge in [-0.05, 0) is 50.2 Å². The van der Waals surface area contributed by atoms with E-state index in [1.807, 2.05) is 32.1 Å². The summed E-state index contributed by atoms with van der Waals surface area (Å²) in [5, 5.41) is 18.9. The first-order valence-corrected chi connectivity index (χ1v) is 7.98. The van der Waals surface area contributed by atoms with Gasteiger partial charge in [0.15, 0.2) is 0 Å². The van der Waals surface area contributed by atoms with Crippen LogP contribution in [0.4, 0.5) is 0 Å². The third-order valence-corrected chi connectivity index (χ3v) is 4.34. The Morgan fingerprint density at radius 2 is 1.91 bits per heavy atom. The van der Waals surface area contributed by atoms with E-state index in [1.54, 1.807) is 6.08 Å². The quantitative estimate of drug-likeness (QED) is 0.735. The molecule has 0 heterocycles. The molecule has 1 aliphatic rings. The summed E-state index contributed by atoms with van der Waals surface area (Å²) in [6.45, 7) is 10.6. The number of aliphatic hydroxyl groups is 2. The average molecular weight is 302 g/mol. The molecule has 2 N–H and O–H groups in total. The number of allylic oxidation sites excluding steroid dienone is 8. The minimum atomic E-state index is -0.303. The van der Waals surface area contributed by atoms with Crippen LogP contribution in [-0.4, -0.2) is 22.9 Å². The molecule has 2 nitrogen and oxygen atoms in total. The van der Waals surface area contributed by atoms with Crippen LogP contribution in [0.5, 0.6) is 0 Å². The van der Waals surface area contributed by atoms with Crippen molar-refractivity contribution in [1.29, 1.82) is 0 Å². The van der Waals surface area contributed by atoms with Gasteiger partial charge in [-0.25, -0.2) is 0 Å². The summed E-state index contributed by atoms with van der Waals surface area (Å²) in [6, 6.07) is 0. The standard InChI is InChI=1S/C20H30O2/c1-15(7-6-8-16(2)12-14-21)9-10-18-17(3)19(22)11-13-20(18,4)5/h6-10,12,19,21-22H,11,13-14H2,1-5H3/b8-6+,10-9+,15-7-,16-12+. The summed E-state index contributed by atoms with van der Waals surface area (Å²) in [5.74, 6) is 0. The summed E-state index contributed by atoms with van der Waals surface area (Å²) >= 11 is 0. The fourth-order valence-corrected chi connectivity index (χ4v) is 2.75. The van der Waals surface area contributed by atoms with E-state index in [4.69, 9.17) is 5.11 Å². The van der Waals surface area contributed by atoms with Gasteiger partial charge in [-0.2, -0.15) is 0 Å². The molecule has 0 aromatic heterocycles.